The molecule has 1 N–H and O–H groups in total. The number of hydrogen-bond donors (Lipinski definition) is 1. The first-order valence-corrected chi connectivity index (χ1v) is 16.8. The van der Waals surface area contributed by atoms with E-state index in [9.17, 15) is 10.1 Å². The molecule has 40 heavy (non-hydrogen) atoms. The smallest absolute Gasteiger partial charge is 0.195 e. The van der Waals surface area contributed by atoms with Crippen molar-refractivity contribution < 1.29 is 23.4 Å². The number of aromatic nitrogens is 1. The number of nitrogens with zero attached hydrogens (tertiary/aromatic N) is 1. The number of nitriles is 1. The summed E-state index contributed by atoms with van der Waals surface area (Å²) >= 11 is 0. The number of carbonyl (C=O) groups excluding carboxylic acids is 1. The lowest BCUT2D eigenvalue weighted by atomic mass is 9.71. The number of benzene rings is 2. The number of H-pyrrole nitrogens is 1. The lowest BCUT2D eigenvalue weighted by Gasteiger charge is -2.37. The van der Waals surface area contributed by atoms with E-state index in [2.05, 4.69) is 58.8 Å². The third kappa shape index (κ3) is 4.90. The first kappa shape index (κ1) is 28.6. The van der Waals surface area contributed by atoms with Crippen molar-refractivity contribution in [2.75, 3.05) is 13.2 Å². The highest BCUT2D eigenvalue weighted by atomic mass is 28.4. The Morgan fingerprint density at radius 1 is 1.02 bits per heavy atom. The molecule has 0 amide bonds. The number of ketones is 1. The molecular formula is C32H40N2O5Si. The monoisotopic (exact) mass is 560 g/mol. The van der Waals surface area contributed by atoms with Gasteiger partial charge in [0.1, 0.15) is 24.6 Å². The van der Waals surface area contributed by atoms with Gasteiger partial charge in [0, 0.05) is 27.6 Å². The van der Waals surface area contributed by atoms with Gasteiger partial charge in [0.15, 0.2) is 19.9 Å². The van der Waals surface area contributed by atoms with Crippen LogP contribution in [0.1, 0.15) is 81.2 Å². The van der Waals surface area contributed by atoms with Gasteiger partial charge in [-0.25, -0.2) is 0 Å². The summed E-state index contributed by atoms with van der Waals surface area (Å²) in [6.45, 7) is 19.9. The Morgan fingerprint density at radius 3 is 2.35 bits per heavy atom. The first-order valence-electron chi connectivity index (χ1n) is 13.9. The molecule has 1 aromatic heterocycles. The molecule has 2 aliphatic rings. The second-order valence-electron chi connectivity index (χ2n) is 13.5. The quantitative estimate of drug-likeness (QED) is 0.332. The maximum atomic E-state index is 13.8. The summed E-state index contributed by atoms with van der Waals surface area (Å²) in [7, 11) is -1.95. The van der Waals surface area contributed by atoms with Crippen molar-refractivity contribution in [1.29, 1.82) is 5.26 Å². The molecule has 7 nitrogen and oxygen atoms in total. The van der Waals surface area contributed by atoms with E-state index in [1.807, 2.05) is 38.1 Å². The fraction of sp³-hybridized carbons (Fsp3) is 0.500. The van der Waals surface area contributed by atoms with Gasteiger partial charge in [-0.05, 0) is 61.8 Å². The van der Waals surface area contributed by atoms with Crippen LogP contribution < -0.4 is 4.74 Å². The number of aromatic amines is 1. The van der Waals surface area contributed by atoms with Crippen LogP contribution in [0.3, 0.4) is 0 Å². The first-order chi connectivity index (χ1) is 18.5. The van der Waals surface area contributed by atoms with Crippen molar-refractivity contribution in [1.82, 2.24) is 4.98 Å². The molecule has 5 rings (SSSR count). The molecule has 3 aromatic rings. The number of carbonyl (C=O) groups is 1. The zero-order valence-electron chi connectivity index (χ0n) is 25.0. The standard InChI is InChI=1S/C32H40N2O5Si/c1-30(2,3)40(8,9)37-18-26-25(38-32(6,7)39-26)17-36-20-11-13-23-22(15-20)28(35)27-21-12-10-19(16-33)14-24(21)34-29(27)31(23,4)5/h10-15,25-26,34H,17-18H2,1-9H3/t25-,26-/m1/s1. The van der Waals surface area contributed by atoms with Gasteiger partial charge in [0.05, 0.1) is 23.8 Å². The minimum Gasteiger partial charge on any atom is -0.491 e. The molecule has 1 aliphatic heterocycles. The van der Waals surface area contributed by atoms with Gasteiger partial charge in [0.2, 0.25) is 0 Å². The largest absolute Gasteiger partial charge is 0.491 e. The highest BCUT2D eigenvalue weighted by molar-refractivity contribution is 6.74. The molecule has 0 unspecified atom stereocenters. The predicted molar refractivity (Wildman–Crippen MR) is 157 cm³/mol. The Balaban J connectivity index is 1.38. The molecular weight excluding hydrogens is 520 g/mol. The number of ether oxygens (including phenoxy) is 3. The lowest BCUT2D eigenvalue weighted by Crippen LogP contribution is -2.44. The Bertz CT molecular complexity index is 1520. The van der Waals surface area contributed by atoms with Gasteiger partial charge in [-0.2, -0.15) is 5.26 Å². The van der Waals surface area contributed by atoms with E-state index >= 15 is 0 Å². The van der Waals surface area contributed by atoms with Crippen molar-refractivity contribution in [2.45, 2.75) is 90.0 Å². The van der Waals surface area contributed by atoms with Crippen LogP contribution in [-0.4, -0.2) is 50.3 Å². The fourth-order valence-electron chi connectivity index (χ4n) is 5.46. The van der Waals surface area contributed by atoms with Gasteiger partial charge in [-0.15, -0.1) is 0 Å². The lowest BCUT2D eigenvalue weighted by molar-refractivity contribution is -0.150. The normalized spacial score (nSPS) is 21.6. The van der Waals surface area contributed by atoms with Gasteiger partial charge in [-0.1, -0.05) is 46.8 Å². The van der Waals surface area contributed by atoms with Crippen molar-refractivity contribution >= 4 is 25.0 Å². The summed E-state index contributed by atoms with van der Waals surface area (Å²) in [6, 6.07) is 13.3. The molecule has 2 aromatic carbocycles. The van der Waals surface area contributed by atoms with E-state index in [1.165, 1.54) is 0 Å². The Morgan fingerprint density at radius 2 is 1.70 bits per heavy atom. The maximum absolute atomic E-state index is 13.8. The maximum Gasteiger partial charge on any atom is 0.195 e. The van der Waals surface area contributed by atoms with E-state index in [1.54, 1.807) is 12.1 Å². The second kappa shape index (κ2) is 9.56. The van der Waals surface area contributed by atoms with Crippen molar-refractivity contribution in [3.05, 3.63) is 64.3 Å². The molecule has 1 fully saturated rings. The molecule has 2 heterocycles. The molecule has 1 saturated heterocycles. The minimum absolute atomic E-state index is 0.0482. The highest BCUT2D eigenvalue weighted by Gasteiger charge is 2.45. The topological polar surface area (TPSA) is 93.6 Å². The van der Waals surface area contributed by atoms with Gasteiger partial charge >= 0.3 is 0 Å². The number of hydrogen-bond acceptors (Lipinski definition) is 6. The molecule has 2 atom stereocenters. The molecule has 0 radical (unpaired) electrons. The van der Waals surface area contributed by atoms with Crippen LogP contribution in [0.2, 0.25) is 18.1 Å². The average molecular weight is 561 g/mol. The van der Waals surface area contributed by atoms with Crippen molar-refractivity contribution in [2.24, 2.45) is 0 Å². The van der Waals surface area contributed by atoms with Gasteiger partial charge in [0.25, 0.3) is 0 Å². The average Bonchev–Trinajstić information content (AvgIpc) is 3.41. The van der Waals surface area contributed by atoms with Crippen molar-refractivity contribution in [3.63, 3.8) is 0 Å². The van der Waals surface area contributed by atoms with Crippen molar-refractivity contribution in [3.8, 4) is 11.8 Å². The van der Waals surface area contributed by atoms with E-state index in [4.69, 9.17) is 18.6 Å². The summed E-state index contributed by atoms with van der Waals surface area (Å²) in [6.07, 6.45) is -0.563. The van der Waals surface area contributed by atoms with Crippen LogP contribution in [0.5, 0.6) is 5.75 Å². The molecule has 212 valence electrons. The van der Waals surface area contributed by atoms with Gasteiger partial charge in [-0.3, -0.25) is 4.79 Å². The van der Waals surface area contributed by atoms with E-state index < -0.39 is 19.5 Å². The zero-order chi connectivity index (χ0) is 29.3. The van der Waals surface area contributed by atoms with Crippen LogP contribution in [0.15, 0.2) is 36.4 Å². The predicted octanol–water partition coefficient (Wildman–Crippen LogP) is 6.83. The van der Waals surface area contributed by atoms with Crippen LogP contribution in [-0.2, 0) is 19.3 Å². The van der Waals surface area contributed by atoms with Gasteiger partial charge < -0.3 is 23.6 Å². The molecule has 8 heteroatoms. The van der Waals surface area contributed by atoms with E-state index in [0.717, 1.165) is 22.2 Å². The molecule has 1 aliphatic carbocycles. The molecule has 0 bridgehead atoms. The summed E-state index contributed by atoms with van der Waals surface area (Å²) in [5, 5.41) is 10.3. The number of nitrogens with one attached hydrogen (secondary N) is 1. The Labute approximate surface area is 237 Å². The van der Waals surface area contributed by atoms with Crippen LogP contribution in [0.4, 0.5) is 0 Å². The summed E-state index contributed by atoms with van der Waals surface area (Å²) in [4.78, 5) is 17.3. The van der Waals surface area contributed by atoms with E-state index in [0.29, 0.717) is 29.0 Å². The third-order valence-corrected chi connectivity index (χ3v) is 13.3. The third-order valence-electron chi connectivity index (χ3n) is 8.80. The summed E-state index contributed by atoms with van der Waals surface area (Å²) in [5.41, 5.74) is 4.01. The molecule has 0 saturated carbocycles. The SMILES string of the molecule is CC1(C)O[C@H](COc2ccc3c(c2)C(=O)c2c([nH]c4cc(C#N)ccc24)C3(C)C)[C@@H](CO[Si](C)(C)C(C)(C)C)O1. The minimum atomic E-state index is -1.95. The zero-order valence-corrected chi connectivity index (χ0v) is 26.0. The Hall–Kier alpha value is -2.96. The highest BCUT2D eigenvalue weighted by Crippen LogP contribution is 2.45. The number of fused-ring (bicyclic) bond motifs is 4. The van der Waals surface area contributed by atoms with Crippen LogP contribution >= 0.6 is 0 Å². The van der Waals surface area contributed by atoms with Crippen LogP contribution in [0, 0.1) is 11.3 Å². The number of rotatable bonds is 6. The fourth-order valence-corrected chi connectivity index (χ4v) is 6.48. The summed E-state index contributed by atoms with van der Waals surface area (Å²) in [5.74, 6) is -0.175. The second-order valence-corrected chi connectivity index (χ2v) is 18.3. The van der Waals surface area contributed by atoms with E-state index in [-0.39, 0.29) is 29.6 Å². The summed E-state index contributed by atoms with van der Waals surface area (Å²) < 4.78 is 25.1. The van der Waals surface area contributed by atoms with Crippen LogP contribution in [0.25, 0.3) is 10.9 Å². The Kier molecular flexibility index (Phi) is 6.82. The molecule has 0 spiro atoms.